The molecule has 0 saturated heterocycles. The Balaban J connectivity index is 1.47. The molecule has 5 nitrogen and oxygen atoms in total. The van der Waals surface area contributed by atoms with Crippen LogP contribution in [0.3, 0.4) is 0 Å². The third-order valence-corrected chi connectivity index (χ3v) is 6.01. The predicted molar refractivity (Wildman–Crippen MR) is 132 cm³/mol. The Hall–Kier alpha value is -3.55. The number of pyridine rings is 1. The number of rotatable bonds is 10. The largest absolute Gasteiger partial charge is 0.390 e. The molecule has 0 aliphatic heterocycles. The van der Waals surface area contributed by atoms with Crippen LogP contribution in [0.15, 0.2) is 79.1 Å². The van der Waals surface area contributed by atoms with Gasteiger partial charge in [0.15, 0.2) is 0 Å². The Bertz CT molecular complexity index is 1250. The van der Waals surface area contributed by atoms with Crippen LogP contribution in [0.1, 0.15) is 34.0 Å². The smallest absolute Gasteiger partial charge is 0.253 e. The van der Waals surface area contributed by atoms with Gasteiger partial charge in [-0.05, 0) is 59.9 Å². The lowest BCUT2D eigenvalue weighted by atomic mass is 10.00. The number of halogens is 2. The van der Waals surface area contributed by atoms with E-state index < -0.39 is 23.8 Å². The molecule has 0 aliphatic rings. The van der Waals surface area contributed by atoms with Crippen molar-refractivity contribution in [1.82, 2.24) is 15.0 Å². The predicted octanol–water partition coefficient (Wildman–Crippen LogP) is 4.27. The van der Waals surface area contributed by atoms with Gasteiger partial charge in [-0.1, -0.05) is 37.3 Å². The van der Waals surface area contributed by atoms with E-state index in [0.717, 1.165) is 23.6 Å². The number of carbonyl (C=O) groups is 1. The van der Waals surface area contributed by atoms with E-state index in [1.54, 1.807) is 12.3 Å². The maximum absolute atomic E-state index is 13.8. The molecule has 4 aromatic rings. The Morgan fingerprint density at radius 1 is 0.971 bits per heavy atom. The van der Waals surface area contributed by atoms with E-state index in [1.165, 1.54) is 17.7 Å². The number of nitrogens with zero attached hydrogens (tertiary/aromatic N) is 1. The molecule has 0 spiro atoms. The van der Waals surface area contributed by atoms with Gasteiger partial charge in [-0.25, -0.2) is 8.78 Å². The van der Waals surface area contributed by atoms with Crippen molar-refractivity contribution in [2.75, 3.05) is 6.54 Å². The summed E-state index contributed by atoms with van der Waals surface area (Å²) in [5, 5.41) is 17.0. The van der Waals surface area contributed by atoms with Gasteiger partial charge in [-0.2, -0.15) is 0 Å². The molecule has 2 atom stereocenters. The molecule has 2 aromatic heterocycles. The van der Waals surface area contributed by atoms with E-state index in [9.17, 15) is 18.7 Å². The topological polar surface area (TPSA) is 65.8 Å². The fraction of sp³-hybridized carbons (Fsp3) is 0.250. The first-order chi connectivity index (χ1) is 16.9. The number of hydrogen-bond donors (Lipinski definition) is 3. The summed E-state index contributed by atoms with van der Waals surface area (Å²) in [7, 11) is 0. The number of hydrogen-bond acceptors (Lipinski definition) is 3. The molecule has 0 fully saturated rings. The number of fused-ring (bicyclic) bond motifs is 1. The van der Waals surface area contributed by atoms with Crippen LogP contribution in [-0.4, -0.2) is 34.1 Å². The van der Waals surface area contributed by atoms with Crippen molar-refractivity contribution in [3.05, 3.63) is 113 Å². The highest BCUT2D eigenvalue weighted by Crippen LogP contribution is 2.14. The number of benzene rings is 2. The number of aliphatic hydroxyl groups is 1. The van der Waals surface area contributed by atoms with E-state index in [0.29, 0.717) is 17.7 Å². The van der Waals surface area contributed by atoms with Gasteiger partial charge < -0.3 is 20.1 Å². The second-order valence-corrected chi connectivity index (χ2v) is 8.70. The van der Waals surface area contributed by atoms with Gasteiger partial charge in [0.05, 0.1) is 17.7 Å². The minimum Gasteiger partial charge on any atom is -0.390 e. The number of carbonyl (C=O) groups excluding carboxylic acids is 1. The molecule has 7 heteroatoms. The number of amides is 1. The third kappa shape index (κ3) is 6.53. The lowest BCUT2D eigenvalue weighted by Gasteiger charge is -2.25. The zero-order chi connectivity index (χ0) is 24.8. The molecular formula is C28H29F2N3O2. The normalized spacial score (nSPS) is 13.0. The van der Waals surface area contributed by atoms with Crippen LogP contribution in [-0.2, 0) is 19.4 Å². The summed E-state index contributed by atoms with van der Waals surface area (Å²) in [6.45, 7) is 2.83. The molecule has 3 N–H and O–H groups in total. The Labute approximate surface area is 203 Å². The Kier molecular flexibility index (Phi) is 7.90. The molecule has 35 heavy (non-hydrogen) atoms. The first kappa shape index (κ1) is 24.6. The van der Waals surface area contributed by atoms with E-state index >= 15 is 0 Å². The van der Waals surface area contributed by atoms with Gasteiger partial charge in [0.25, 0.3) is 5.91 Å². The molecule has 4 rings (SSSR count). The summed E-state index contributed by atoms with van der Waals surface area (Å²) >= 11 is 0. The molecule has 0 unspecified atom stereocenters. The van der Waals surface area contributed by atoms with Crippen molar-refractivity contribution in [2.45, 2.75) is 38.5 Å². The van der Waals surface area contributed by atoms with Gasteiger partial charge >= 0.3 is 0 Å². The van der Waals surface area contributed by atoms with Gasteiger partial charge in [0, 0.05) is 37.1 Å². The first-order valence-corrected chi connectivity index (χ1v) is 11.7. The minimum absolute atomic E-state index is 0.0714. The number of aryl methyl sites for hydroxylation is 1. The van der Waals surface area contributed by atoms with Crippen LogP contribution < -0.4 is 10.6 Å². The summed E-state index contributed by atoms with van der Waals surface area (Å²) in [6.07, 6.45) is 3.56. The van der Waals surface area contributed by atoms with Gasteiger partial charge in [-0.15, -0.1) is 0 Å². The molecule has 2 heterocycles. The highest BCUT2D eigenvalue weighted by atomic mass is 19.1. The molecule has 2 aromatic carbocycles. The van der Waals surface area contributed by atoms with E-state index in [1.807, 2.05) is 40.9 Å². The lowest BCUT2D eigenvalue weighted by Crippen LogP contribution is -2.48. The van der Waals surface area contributed by atoms with Crippen molar-refractivity contribution < 1.29 is 18.7 Å². The number of aliphatic hydroxyl groups excluding tert-OH is 1. The average molecular weight is 478 g/mol. The van der Waals surface area contributed by atoms with Crippen molar-refractivity contribution in [3.63, 3.8) is 0 Å². The van der Waals surface area contributed by atoms with Gasteiger partial charge in [-0.3, -0.25) is 4.79 Å². The number of aromatic nitrogens is 1. The van der Waals surface area contributed by atoms with Crippen LogP contribution >= 0.6 is 0 Å². The molecule has 182 valence electrons. The lowest BCUT2D eigenvalue weighted by molar-refractivity contribution is 0.0830. The number of nitrogens with one attached hydrogen (secondary N) is 2. The fourth-order valence-electron chi connectivity index (χ4n) is 4.16. The van der Waals surface area contributed by atoms with E-state index in [2.05, 4.69) is 29.7 Å². The summed E-state index contributed by atoms with van der Waals surface area (Å²) in [5.41, 5.74) is 3.96. The molecule has 1 amide bonds. The van der Waals surface area contributed by atoms with Crippen LogP contribution in [0, 0.1) is 11.6 Å². The fourth-order valence-corrected chi connectivity index (χ4v) is 4.16. The highest BCUT2D eigenvalue weighted by Gasteiger charge is 2.23. The van der Waals surface area contributed by atoms with Crippen molar-refractivity contribution >= 4 is 11.4 Å². The zero-order valence-corrected chi connectivity index (χ0v) is 19.5. The van der Waals surface area contributed by atoms with Gasteiger partial charge in [0.2, 0.25) is 0 Å². The highest BCUT2D eigenvalue weighted by molar-refractivity contribution is 5.95. The van der Waals surface area contributed by atoms with Crippen molar-refractivity contribution in [2.24, 2.45) is 0 Å². The molecule has 0 aliphatic carbocycles. The minimum atomic E-state index is -0.989. The van der Waals surface area contributed by atoms with Gasteiger partial charge in [0.1, 0.15) is 11.6 Å². The SMILES string of the molecule is CCc1cccc(CNC[C@H](O)[C@H](Cc2cc(F)cc(F)c2)NC(=O)c2cc3ccccn3c2)c1. The molecule has 0 bridgehead atoms. The second kappa shape index (κ2) is 11.3. The summed E-state index contributed by atoms with van der Waals surface area (Å²) in [6, 6.07) is 18.0. The third-order valence-electron chi connectivity index (χ3n) is 6.01. The zero-order valence-electron chi connectivity index (χ0n) is 19.5. The Morgan fingerprint density at radius 2 is 1.74 bits per heavy atom. The molecular weight excluding hydrogens is 448 g/mol. The quantitative estimate of drug-likeness (QED) is 0.320. The van der Waals surface area contributed by atoms with Crippen LogP contribution in [0.4, 0.5) is 8.78 Å². The molecule has 0 saturated carbocycles. The van der Waals surface area contributed by atoms with Crippen molar-refractivity contribution in [1.29, 1.82) is 0 Å². The van der Waals surface area contributed by atoms with E-state index in [-0.39, 0.29) is 18.9 Å². The second-order valence-electron chi connectivity index (χ2n) is 8.70. The maximum atomic E-state index is 13.8. The average Bonchev–Trinajstić information content (AvgIpc) is 3.28. The van der Waals surface area contributed by atoms with Crippen molar-refractivity contribution in [3.8, 4) is 0 Å². The van der Waals surface area contributed by atoms with E-state index in [4.69, 9.17) is 0 Å². The van der Waals surface area contributed by atoms with Crippen LogP contribution in [0.25, 0.3) is 5.52 Å². The Morgan fingerprint density at radius 3 is 2.49 bits per heavy atom. The monoisotopic (exact) mass is 477 g/mol. The van der Waals surface area contributed by atoms with Crippen LogP contribution in [0.2, 0.25) is 0 Å². The maximum Gasteiger partial charge on any atom is 0.253 e. The molecule has 0 radical (unpaired) electrons. The summed E-state index contributed by atoms with van der Waals surface area (Å²) < 4.78 is 29.4. The summed E-state index contributed by atoms with van der Waals surface area (Å²) in [4.78, 5) is 13.0. The first-order valence-electron chi connectivity index (χ1n) is 11.7. The standard InChI is InChI=1S/C28H29F2N3O2/c1-2-19-6-5-7-20(10-19)16-31-17-27(34)26(13-21-11-23(29)15-24(30)12-21)32-28(35)22-14-25-8-3-4-9-33(25)18-22/h3-12,14-15,18,26-27,31,34H,2,13,16-17H2,1H3,(H,32,35)/t26-,27-/m0/s1. The van der Waals surface area contributed by atoms with Crippen LogP contribution in [0.5, 0.6) is 0 Å². The summed E-state index contributed by atoms with van der Waals surface area (Å²) in [5.74, 6) is -1.77.